The fraction of sp³-hybridized carbons (Fsp3) is 0.267. The minimum absolute atomic E-state index is 0.553. The Labute approximate surface area is 123 Å². The van der Waals surface area contributed by atoms with Crippen LogP contribution >= 0.6 is 7.60 Å². The van der Waals surface area contributed by atoms with Crippen LogP contribution in [-0.2, 0) is 23.1 Å². The fourth-order valence-corrected chi connectivity index (χ4v) is 3.56. The second kappa shape index (κ2) is 6.39. The highest BCUT2D eigenvalue weighted by molar-refractivity contribution is 7.54. The molecule has 0 heterocycles. The number of fused-ring (bicyclic) bond motifs is 1. The Hall–Kier alpha value is -1.68. The van der Waals surface area contributed by atoms with Crippen molar-refractivity contribution in [2.45, 2.75) is 12.8 Å². The van der Waals surface area contributed by atoms with Crippen molar-refractivity contribution >= 4 is 24.3 Å². The van der Waals surface area contributed by atoms with Gasteiger partial charge in [-0.25, -0.2) is 0 Å². The lowest BCUT2D eigenvalue weighted by molar-refractivity contribution is -0.143. The molecule has 0 amide bonds. The Morgan fingerprint density at radius 2 is 1.67 bits per heavy atom. The lowest BCUT2D eigenvalue weighted by Gasteiger charge is -2.25. The van der Waals surface area contributed by atoms with E-state index < -0.39 is 19.4 Å². The molecule has 0 radical (unpaired) electrons. The third-order valence-corrected chi connectivity index (χ3v) is 5.14. The zero-order valence-electron chi connectivity index (χ0n) is 12.1. The van der Waals surface area contributed by atoms with Gasteiger partial charge in [-0.15, -0.1) is 0 Å². The van der Waals surface area contributed by atoms with Crippen LogP contribution in [0.5, 0.6) is 0 Å². The second-order valence-electron chi connectivity index (χ2n) is 4.44. The molecular formula is C15H17O5P. The molecule has 0 aliphatic carbocycles. The summed E-state index contributed by atoms with van der Waals surface area (Å²) in [6.45, 7) is 1.26. The van der Waals surface area contributed by atoms with E-state index in [1.165, 1.54) is 21.1 Å². The summed E-state index contributed by atoms with van der Waals surface area (Å²) >= 11 is 0. The van der Waals surface area contributed by atoms with Crippen LogP contribution in [0.2, 0.25) is 0 Å². The van der Waals surface area contributed by atoms with Crippen LogP contribution in [0.4, 0.5) is 0 Å². The molecule has 2 aromatic rings. The first-order valence-corrected chi connectivity index (χ1v) is 7.99. The number of esters is 1. The summed E-state index contributed by atoms with van der Waals surface area (Å²) in [5.74, 6) is -1.65. The van der Waals surface area contributed by atoms with Crippen molar-refractivity contribution in [2.24, 2.45) is 0 Å². The number of carbonyl (C=O) groups excluding carboxylic acids is 1. The van der Waals surface area contributed by atoms with Crippen molar-refractivity contribution in [2.75, 3.05) is 14.2 Å². The van der Waals surface area contributed by atoms with E-state index >= 15 is 0 Å². The predicted molar refractivity (Wildman–Crippen MR) is 80.1 cm³/mol. The molecule has 2 aromatic carbocycles. The molecule has 21 heavy (non-hydrogen) atoms. The minimum Gasteiger partial charge on any atom is -0.445 e. The van der Waals surface area contributed by atoms with E-state index in [1.54, 1.807) is 6.07 Å². The van der Waals surface area contributed by atoms with Crippen LogP contribution in [0, 0.1) is 0 Å². The van der Waals surface area contributed by atoms with Gasteiger partial charge in [0.05, 0.1) is 0 Å². The largest absolute Gasteiger partial charge is 0.445 e. The van der Waals surface area contributed by atoms with Crippen LogP contribution in [0.1, 0.15) is 18.3 Å². The number of ether oxygens (including phenoxy) is 1. The van der Waals surface area contributed by atoms with Crippen LogP contribution < -0.4 is 0 Å². The summed E-state index contributed by atoms with van der Waals surface area (Å²) in [5.41, 5.74) is 0.593. The van der Waals surface area contributed by atoms with Crippen molar-refractivity contribution in [3.8, 4) is 0 Å². The summed E-state index contributed by atoms with van der Waals surface area (Å²) in [6.07, 6.45) is 0. The maximum atomic E-state index is 12.7. The van der Waals surface area contributed by atoms with Gasteiger partial charge in [0.1, 0.15) is 0 Å². The molecule has 0 aromatic heterocycles. The molecule has 1 atom stereocenters. The van der Waals surface area contributed by atoms with Crippen LogP contribution in [0.25, 0.3) is 10.8 Å². The number of rotatable bonds is 5. The van der Waals surface area contributed by atoms with E-state index in [0.717, 1.165) is 10.8 Å². The lowest BCUT2D eigenvalue weighted by atomic mass is 10.1. The summed E-state index contributed by atoms with van der Waals surface area (Å²) in [7, 11) is -1.07. The number of hydrogen-bond donors (Lipinski definition) is 0. The van der Waals surface area contributed by atoms with Crippen molar-refractivity contribution in [3.63, 3.8) is 0 Å². The Balaban J connectivity index is 2.64. The third kappa shape index (κ3) is 3.16. The molecule has 0 N–H and O–H groups in total. The van der Waals surface area contributed by atoms with Gasteiger partial charge in [0.2, 0.25) is 5.85 Å². The molecule has 0 aliphatic rings. The Kier molecular flexibility index (Phi) is 4.78. The molecule has 5 nitrogen and oxygen atoms in total. The van der Waals surface area contributed by atoms with E-state index in [0.29, 0.717) is 5.56 Å². The van der Waals surface area contributed by atoms with Gasteiger partial charge in [-0.05, 0) is 10.8 Å². The third-order valence-electron chi connectivity index (χ3n) is 3.16. The molecule has 0 fully saturated rings. The summed E-state index contributed by atoms with van der Waals surface area (Å²) < 4.78 is 28.0. The SMILES string of the molecule is COP(=O)(OC)C(OC(C)=O)c1cccc2ccccc12. The number of hydrogen-bond acceptors (Lipinski definition) is 5. The Bertz CT molecular complexity index is 684. The Morgan fingerprint density at radius 3 is 2.29 bits per heavy atom. The normalized spacial score (nSPS) is 13.1. The van der Waals surface area contributed by atoms with Gasteiger partial charge < -0.3 is 13.8 Å². The quantitative estimate of drug-likeness (QED) is 0.619. The average molecular weight is 308 g/mol. The van der Waals surface area contributed by atoms with Gasteiger partial charge in [-0.2, -0.15) is 0 Å². The summed E-state index contributed by atoms with van der Waals surface area (Å²) in [4.78, 5) is 11.4. The zero-order valence-corrected chi connectivity index (χ0v) is 13.0. The van der Waals surface area contributed by atoms with E-state index in [9.17, 15) is 9.36 Å². The first-order valence-electron chi connectivity index (χ1n) is 6.38. The van der Waals surface area contributed by atoms with Crippen molar-refractivity contribution in [1.82, 2.24) is 0 Å². The van der Waals surface area contributed by atoms with Crippen molar-refractivity contribution in [3.05, 3.63) is 48.0 Å². The van der Waals surface area contributed by atoms with Crippen LogP contribution in [0.3, 0.4) is 0 Å². The highest BCUT2D eigenvalue weighted by Crippen LogP contribution is 2.61. The highest BCUT2D eigenvalue weighted by Gasteiger charge is 2.39. The van der Waals surface area contributed by atoms with Gasteiger partial charge in [0.25, 0.3) is 0 Å². The van der Waals surface area contributed by atoms with Crippen molar-refractivity contribution < 1.29 is 23.1 Å². The fourth-order valence-electron chi connectivity index (χ4n) is 2.19. The topological polar surface area (TPSA) is 61.8 Å². The van der Waals surface area contributed by atoms with Gasteiger partial charge in [0.15, 0.2) is 0 Å². The molecule has 112 valence electrons. The van der Waals surface area contributed by atoms with Gasteiger partial charge in [0, 0.05) is 26.7 Å². The average Bonchev–Trinajstić information content (AvgIpc) is 2.51. The van der Waals surface area contributed by atoms with Crippen molar-refractivity contribution in [1.29, 1.82) is 0 Å². The van der Waals surface area contributed by atoms with E-state index in [1.807, 2.05) is 36.4 Å². The zero-order chi connectivity index (χ0) is 15.5. The smallest absolute Gasteiger partial charge is 0.375 e. The first-order chi connectivity index (χ1) is 10.0. The second-order valence-corrected chi connectivity index (χ2v) is 6.71. The highest BCUT2D eigenvalue weighted by atomic mass is 31.2. The first kappa shape index (κ1) is 15.7. The predicted octanol–water partition coefficient (Wildman–Crippen LogP) is 3.89. The molecule has 6 heteroatoms. The molecule has 0 bridgehead atoms. The molecule has 0 spiro atoms. The summed E-state index contributed by atoms with van der Waals surface area (Å²) in [6, 6.07) is 13.0. The van der Waals surface area contributed by atoms with Crippen LogP contribution in [0.15, 0.2) is 42.5 Å². The summed E-state index contributed by atoms with van der Waals surface area (Å²) in [5, 5.41) is 1.78. The molecule has 0 saturated heterocycles. The minimum atomic E-state index is -3.61. The number of carbonyl (C=O) groups is 1. The Morgan fingerprint density at radius 1 is 1.05 bits per heavy atom. The van der Waals surface area contributed by atoms with Gasteiger partial charge >= 0.3 is 13.6 Å². The van der Waals surface area contributed by atoms with E-state index in [2.05, 4.69) is 0 Å². The monoisotopic (exact) mass is 308 g/mol. The maximum absolute atomic E-state index is 12.7. The van der Waals surface area contributed by atoms with Crippen LogP contribution in [-0.4, -0.2) is 20.2 Å². The van der Waals surface area contributed by atoms with E-state index in [-0.39, 0.29) is 0 Å². The molecule has 0 aliphatic heterocycles. The molecule has 2 rings (SSSR count). The van der Waals surface area contributed by atoms with Gasteiger partial charge in [-0.3, -0.25) is 9.36 Å². The van der Waals surface area contributed by atoms with Gasteiger partial charge in [-0.1, -0.05) is 42.5 Å². The standard InChI is InChI=1S/C15H17O5P/c1-11(16)20-15(21(17,18-2)19-3)14-10-6-8-12-7-4-5-9-13(12)14/h4-10,15H,1-3H3. The maximum Gasteiger partial charge on any atom is 0.375 e. The number of benzene rings is 2. The van der Waals surface area contributed by atoms with E-state index in [4.69, 9.17) is 13.8 Å². The molecule has 1 unspecified atom stereocenters. The lowest BCUT2D eigenvalue weighted by Crippen LogP contribution is -2.11. The molecule has 0 saturated carbocycles. The molecular weight excluding hydrogens is 291 g/mol.